The third kappa shape index (κ3) is 4.14. The van der Waals surface area contributed by atoms with E-state index in [1.165, 1.54) is 0 Å². The maximum atomic E-state index is 12.5. The highest BCUT2D eigenvalue weighted by molar-refractivity contribution is 5.84. The summed E-state index contributed by atoms with van der Waals surface area (Å²) in [6, 6.07) is 21.4. The van der Waals surface area contributed by atoms with E-state index in [2.05, 4.69) is 5.32 Å². The standard InChI is InChI=1S/C22H23NO3/c1-15(17-8-11-20(25-3)12-9-17)23-22(24)16(2)26-21-13-10-18-6-4-5-7-19(18)14-21/h4-16H,1-3H3,(H,23,24). The van der Waals surface area contributed by atoms with Crippen LogP contribution in [0.4, 0.5) is 0 Å². The van der Waals surface area contributed by atoms with Gasteiger partial charge in [0.15, 0.2) is 6.10 Å². The average molecular weight is 349 g/mol. The smallest absolute Gasteiger partial charge is 0.261 e. The molecule has 0 fully saturated rings. The van der Waals surface area contributed by atoms with Crippen molar-refractivity contribution in [2.24, 2.45) is 0 Å². The number of nitrogens with one attached hydrogen (secondary N) is 1. The van der Waals surface area contributed by atoms with Gasteiger partial charge in [-0.05, 0) is 54.4 Å². The van der Waals surface area contributed by atoms with Crippen molar-refractivity contribution < 1.29 is 14.3 Å². The molecular formula is C22H23NO3. The second kappa shape index (κ2) is 7.91. The summed E-state index contributed by atoms with van der Waals surface area (Å²) in [7, 11) is 1.63. The van der Waals surface area contributed by atoms with E-state index in [0.29, 0.717) is 5.75 Å². The molecule has 0 saturated heterocycles. The maximum Gasteiger partial charge on any atom is 0.261 e. The summed E-state index contributed by atoms with van der Waals surface area (Å²) in [5.41, 5.74) is 1.01. The van der Waals surface area contributed by atoms with E-state index in [9.17, 15) is 4.79 Å². The fourth-order valence-corrected chi connectivity index (χ4v) is 2.81. The molecule has 4 nitrogen and oxygen atoms in total. The molecule has 0 bridgehead atoms. The van der Waals surface area contributed by atoms with Gasteiger partial charge in [0.25, 0.3) is 5.91 Å². The molecule has 1 amide bonds. The second-order valence-electron chi connectivity index (χ2n) is 6.27. The predicted molar refractivity (Wildman–Crippen MR) is 104 cm³/mol. The number of rotatable bonds is 6. The van der Waals surface area contributed by atoms with E-state index in [1.54, 1.807) is 14.0 Å². The number of ether oxygens (including phenoxy) is 2. The van der Waals surface area contributed by atoms with Crippen molar-refractivity contribution in [1.29, 1.82) is 0 Å². The molecule has 3 aromatic rings. The summed E-state index contributed by atoms with van der Waals surface area (Å²) >= 11 is 0. The van der Waals surface area contributed by atoms with Crippen molar-refractivity contribution in [3.63, 3.8) is 0 Å². The maximum absolute atomic E-state index is 12.5. The van der Waals surface area contributed by atoms with Crippen LogP contribution in [-0.4, -0.2) is 19.1 Å². The topological polar surface area (TPSA) is 47.6 Å². The number of carbonyl (C=O) groups excluding carboxylic acids is 1. The van der Waals surface area contributed by atoms with Crippen LogP contribution in [0.2, 0.25) is 0 Å². The van der Waals surface area contributed by atoms with E-state index >= 15 is 0 Å². The molecule has 0 heterocycles. The van der Waals surface area contributed by atoms with E-state index in [0.717, 1.165) is 22.1 Å². The van der Waals surface area contributed by atoms with Gasteiger partial charge in [0.2, 0.25) is 0 Å². The van der Waals surface area contributed by atoms with Crippen LogP contribution >= 0.6 is 0 Å². The minimum atomic E-state index is -0.586. The van der Waals surface area contributed by atoms with Crippen molar-refractivity contribution in [3.8, 4) is 11.5 Å². The van der Waals surface area contributed by atoms with Crippen LogP contribution in [0.15, 0.2) is 66.7 Å². The first-order valence-electron chi connectivity index (χ1n) is 8.66. The van der Waals surface area contributed by atoms with E-state index in [4.69, 9.17) is 9.47 Å². The molecule has 0 saturated carbocycles. The number of hydrogen-bond acceptors (Lipinski definition) is 3. The zero-order valence-corrected chi connectivity index (χ0v) is 15.2. The monoisotopic (exact) mass is 349 g/mol. The summed E-state index contributed by atoms with van der Waals surface area (Å²) in [6.45, 7) is 3.70. The summed E-state index contributed by atoms with van der Waals surface area (Å²) in [5.74, 6) is 1.32. The zero-order chi connectivity index (χ0) is 18.5. The molecule has 0 aliphatic carbocycles. The summed E-state index contributed by atoms with van der Waals surface area (Å²) < 4.78 is 11.0. The summed E-state index contributed by atoms with van der Waals surface area (Å²) in [4.78, 5) is 12.5. The van der Waals surface area contributed by atoms with Gasteiger partial charge in [-0.3, -0.25) is 4.79 Å². The number of hydrogen-bond donors (Lipinski definition) is 1. The first-order chi connectivity index (χ1) is 12.6. The molecular weight excluding hydrogens is 326 g/mol. The normalized spacial score (nSPS) is 13.0. The number of methoxy groups -OCH3 is 1. The third-order valence-corrected chi connectivity index (χ3v) is 4.38. The minimum absolute atomic E-state index is 0.115. The molecule has 3 rings (SSSR count). The first-order valence-corrected chi connectivity index (χ1v) is 8.66. The molecule has 4 heteroatoms. The number of fused-ring (bicyclic) bond motifs is 1. The first kappa shape index (κ1) is 17.8. The lowest BCUT2D eigenvalue weighted by Gasteiger charge is -2.19. The van der Waals surface area contributed by atoms with Crippen molar-refractivity contribution >= 4 is 16.7 Å². The molecule has 0 aliphatic rings. The molecule has 2 unspecified atom stereocenters. The highest BCUT2D eigenvalue weighted by Gasteiger charge is 2.18. The zero-order valence-electron chi connectivity index (χ0n) is 15.2. The quantitative estimate of drug-likeness (QED) is 0.713. The Balaban J connectivity index is 1.62. The molecule has 0 aromatic heterocycles. The lowest BCUT2D eigenvalue weighted by atomic mass is 10.1. The average Bonchev–Trinajstić information content (AvgIpc) is 2.67. The molecule has 26 heavy (non-hydrogen) atoms. The molecule has 134 valence electrons. The molecule has 2 atom stereocenters. The highest BCUT2D eigenvalue weighted by Crippen LogP contribution is 2.22. The number of carbonyl (C=O) groups is 1. The van der Waals surface area contributed by atoms with Gasteiger partial charge in [-0.1, -0.05) is 42.5 Å². The van der Waals surface area contributed by atoms with Crippen LogP contribution in [0, 0.1) is 0 Å². The Hall–Kier alpha value is -3.01. The van der Waals surface area contributed by atoms with E-state index in [-0.39, 0.29) is 11.9 Å². The lowest BCUT2D eigenvalue weighted by Crippen LogP contribution is -2.37. The molecule has 0 spiro atoms. The Morgan fingerprint density at radius 2 is 1.54 bits per heavy atom. The van der Waals surface area contributed by atoms with Crippen LogP contribution < -0.4 is 14.8 Å². The molecule has 1 N–H and O–H groups in total. The Morgan fingerprint density at radius 1 is 0.885 bits per heavy atom. The van der Waals surface area contributed by atoms with Gasteiger partial charge in [0, 0.05) is 0 Å². The fourth-order valence-electron chi connectivity index (χ4n) is 2.81. The van der Waals surface area contributed by atoms with Crippen molar-refractivity contribution in [2.75, 3.05) is 7.11 Å². The van der Waals surface area contributed by atoms with Crippen molar-refractivity contribution in [3.05, 3.63) is 72.3 Å². The number of benzene rings is 3. The predicted octanol–water partition coefficient (Wildman–Crippen LogP) is 4.49. The molecule has 0 aliphatic heterocycles. The van der Waals surface area contributed by atoms with Gasteiger partial charge < -0.3 is 14.8 Å². The Labute approximate surface area is 153 Å². The van der Waals surface area contributed by atoms with Gasteiger partial charge >= 0.3 is 0 Å². The lowest BCUT2D eigenvalue weighted by molar-refractivity contribution is -0.127. The second-order valence-corrected chi connectivity index (χ2v) is 6.27. The van der Waals surface area contributed by atoms with Gasteiger partial charge in [0.05, 0.1) is 13.2 Å². The van der Waals surface area contributed by atoms with E-state index in [1.807, 2.05) is 73.7 Å². The highest BCUT2D eigenvalue weighted by atomic mass is 16.5. The Morgan fingerprint density at radius 3 is 2.23 bits per heavy atom. The fraction of sp³-hybridized carbons (Fsp3) is 0.227. The largest absolute Gasteiger partial charge is 0.497 e. The van der Waals surface area contributed by atoms with Crippen LogP contribution in [0.5, 0.6) is 11.5 Å². The molecule has 3 aromatic carbocycles. The Bertz CT molecular complexity index is 889. The SMILES string of the molecule is COc1ccc(C(C)NC(=O)C(C)Oc2ccc3ccccc3c2)cc1. The van der Waals surface area contributed by atoms with Gasteiger partial charge in [-0.25, -0.2) is 0 Å². The van der Waals surface area contributed by atoms with Crippen LogP contribution in [0.1, 0.15) is 25.5 Å². The third-order valence-electron chi connectivity index (χ3n) is 4.38. The number of amides is 1. The molecule has 0 radical (unpaired) electrons. The van der Waals surface area contributed by atoms with E-state index < -0.39 is 6.10 Å². The van der Waals surface area contributed by atoms with Gasteiger partial charge in [-0.2, -0.15) is 0 Å². The van der Waals surface area contributed by atoms with Crippen molar-refractivity contribution in [1.82, 2.24) is 5.32 Å². The minimum Gasteiger partial charge on any atom is -0.497 e. The van der Waals surface area contributed by atoms with Crippen LogP contribution in [0.3, 0.4) is 0 Å². The summed E-state index contributed by atoms with van der Waals surface area (Å²) in [5, 5.41) is 5.22. The van der Waals surface area contributed by atoms with Crippen molar-refractivity contribution in [2.45, 2.75) is 26.0 Å². The van der Waals surface area contributed by atoms with Crippen LogP contribution in [-0.2, 0) is 4.79 Å². The van der Waals surface area contributed by atoms with Crippen LogP contribution in [0.25, 0.3) is 10.8 Å². The van der Waals surface area contributed by atoms with Gasteiger partial charge in [-0.15, -0.1) is 0 Å². The van der Waals surface area contributed by atoms with Gasteiger partial charge in [0.1, 0.15) is 11.5 Å². The summed E-state index contributed by atoms with van der Waals surface area (Å²) in [6.07, 6.45) is -0.586. The Kier molecular flexibility index (Phi) is 5.42.